The van der Waals surface area contributed by atoms with Crippen molar-refractivity contribution in [2.75, 3.05) is 11.9 Å². The molecule has 0 fully saturated rings. The van der Waals surface area contributed by atoms with E-state index in [0.29, 0.717) is 10.8 Å². The van der Waals surface area contributed by atoms with Gasteiger partial charge in [0.15, 0.2) is 18.5 Å². The van der Waals surface area contributed by atoms with Crippen molar-refractivity contribution in [1.29, 1.82) is 0 Å². The highest BCUT2D eigenvalue weighted by Crippen LogP contribution is 2.23. The second-order valence-electron chi connectivity index (χ2n) is 5.61. The lowest BCUT2D eigenvalue weighted by atomic mass is 10.1. The molecule has 2 rings (SSSR count). The zero-order chi connectivity index (χ0) is 19.3. The maximum Gasteiger partial charge on any atom is 0.344 e. The zero-order valence-electron chi connectivity index (χ0n) is 14.5. The lowest BCUT2D eigenvalue weighted by Gasteiger charge is -2.15. The average Bonchev–Trinajstić information content (AvgIpc) is 2.56. The topological polar surface area (TPSA) is 77.5 Å². The number of hydrogen-bond acceptors (Lipinski definition) is 5. The van der Waals surface area contributed by atoms with Crippen molar-refractivity contribution in [1.82, 2.24) is 4.98 Å². The number of carbonyl (C=O) groups excluding carboxylic acids is 2. The molecule has 0 saturated heterocycles. The van der Waals surface area contributed by atoms with Gasteiger partial charge >= 0.3 is 5.97 Å². The fourth-order valence-electron chi connectivity index (χ4n) is 2.17. The van der Waals surface area contributed by atoms with Crippen molar-refractivity contribution in [2.45, 2.75) is 26.9 Å². The molecule has 8 heteroatoms. The molecule has 0 bridgehead atoms. The van der Waals surface area contributed by atoms with Crippen LogP contribution in [-0.4, -0.2) is 29.6 Å². The lowest BCUT2D eigenvalue weighted by Crippen LogP contribution is -2.32. The van der Waals surface area contributed by atoms with E-state index in [2.05, 4.69) is 10.3 Å². The Labute approximate surface area is 161 Å². The van der Waals surface area contributed by atoms with Crippen LogP contribution in [0, 0.1) is 13.8 Å². The van der Waals surface area contributed by atoms with Gasteiger partial charge in [0.05, 0.1) is 10.0 Å². The van der Waals surface area contributed by atoms with Crippen LogP contribution in [0.1, 0.15) is 18.1 Å². The number of ether oxygens (including phenoxy) is 2. The highest BCUT2D eigenvalue weighted by molar-refractivity contribution is 6.36. The van der Waals surface area contributed by atoms with Gasteiger partial charge in [0.25, 0.3) is 5.91 Å². The zero-order valence-corrected chi connectivity index (χ0v) is 16.0. The van der Waals surface area contributed by atoms with Crippen molar-refractivity contribution < 1.29 is 19.1 Å². The third-order valence-corrected chi connectivity index (χ3v) is 3.96. The first-order valence-corrected chi connectivity index (χ1v) is 8.54. The molecule has 1 aromatic heterocycles. The van der Waals surface area contributed by atoms with Gasteiger partial charge in [-0.1, -0.05) is 41.4 Å². The van der Waals surface area contributed by atoms with Crippen LogP contribution in [0.2, 0.25) is 10.0 Å². The van der Waals surface area contributed by atoms with E-state index >= 15 is 0 Å². The molecule has 138 valence electrons. The average molecular weight is 397 g/mol. The number of amides is 1. The molecule has 1 aromatic carbocycles. The Kier molecular flexibility index (Phi) is 6.83. The van der Waals surface area contributed by atoms with Crippen LogP contribution < -0.4 is 10.1 Å². The Morgan fingerprint density at radius 3 is 2.50 bits per heavy atom. The lowest BCUT2D eigenvalue weighted by molar-refractivity contribution is -0.155. The number of para-hydroxylation sites is 1. The summed E-state index contributed by atoms with van der Waals surface area (Å²) >= 11 is 11.7. The molecule has 1 atom stereocenters. The first kappa shape index (κ1) is 20.0. The Hall–Kier alpha value is -2.31. The summed E-state index contributed by atoms with van der Waals surface area (Å²) in [5.74, 6) is -0.470. The fourth-order valence-corrected chi connectivity index (χ4v) is 2.59. The summed E-state index contributed by atoms with van der Waals surface area (Å²) in [6.07, 6.45) is 0.301. The second-order valence-corrected chi connectivity index (χ2v) is 6.46. The largest absolute Gasteiger partial charge is 0.481 e. The van der Waals surface area contributed by atoms with Gasteiger partial charge < -0.3 is 14.8 Å². The number of rotatable bonds is 6. The molecular weight excluding hydrogens is 379 g/mol. The molecule has 0 aliphatic carbocycles. The van der Waals surface area contributed by atoms with Gasteiger partial charge in [-0.05, 0) is 38.0 Å². The fraction of sp³-hybridized carbons (Fsp3) is 0.278. The van der Waals surface area contributed by atoms with Gasteiger partial charge in [0.2, 0.25) is 0 Å². The van der Waals surface area contributed by atoms with E-state index in [1.807, 2.05) is 32.0 Å². The summed E-state index contributed by atoms with van der Waals surface area (Å²) < 4.78 is 10.6. The number of halogens is 2. The van der Waals surface area contributed by atoms with Crippen LogP contribution >= 0.6 is 23.2 Å². The predicted molar refractivity (Wildman–Crippen MR) is 99.9 cm³/mol. The molecule has 6 nitrogen and oxygen atoms in total. The Balaban J connectivity index is 1.89. The van der Waals surface area contributed by atoms with Gasteiger partial charge in [-0.2, -0.15) is 0 Å². The minimum atomic E-state index is -1.04. The molecule has 0 radical (unpaired) electrons. The molecule has 2 aromatic rings. The Morgan fingerprint density at radius 2 is 1.88 bits per heavy atom. The van der Waals surface area contributed by atoms with E-state index in [9.17, 15) is 9.59 Å². The van der Waals surface area contributed by atoms with Crippen LogP contribution in [0.4, 0.5) is 5.82 Å². The number of nitrogens with zero attached hydrogens (tertiary/aromatic N) is 1. The second kappa shape index (κ2) is 8.87. The minimum Gasteiger partial charge on any atom is -0.481 e. The summed E-state index contributed by atoms with van der Waals surface area (Å²) in [4.78, 5) is 28.0. The van der Waals surface area contributed by atoms with E-state index in [4.69, 9.17) is 32.7 Å². The van der Waals surface area contributed by atoms with E-state index in [-0.39, 0.29) is 17.4 Å². The molecule has 0 spiro atoms. The standard InChI is InChI=1S/C18H18Cl2N2O4/c1-10-5-4-6-11(2)16(10)25-9-15(23)26-12(3)18(24)22-17-14(20)7-13(19)8-21-17/h4-8,12H,9H2,1-3H3,(H,21,22,24)/t12-/m1/s1. The van der Waals surface area contributed by atoms with Crippen molar-refractivity contribution in [3.63, 3.8) is 0 Å². The highest BCUT2D eigenvalue weighted by atomic mass is 35.5. The van der Waals surface area contributed by atoms with Crippen molar-refractivity contribution in [3.05, 3.63) is 51.6 Å². The van der Waals surface area contributed by atoms with E-state index in [0.717, 1.165) is 11.1 Å². The quantitative estimate of drug-likeness (QED) is 0.747. The first-order chi connectivity index (χ1) is 12.3. The van der Waals surface area contributed by atoms with Crippen molar-refractivity contribution in [2.24, 2.45) is 0 Å². The molecular formula is C18H18Cl2N2O4. The molecule has 0 unspecified atom stereocenters. The molecule has 1 heterocycles. The number of aromatic nitrogens is 1. The Bertz CT molecular complexity index is 807. The number of esters is 1. The summed E-state index contributed by atoms with van der Waals surface area (Å²) in [7, 11) is 0. The van der Waals surface area contributed by atoms with Crippen molar-refractivity contribution in [3.8, 4) is 5.75 Å². The van der Waals surface area contributed by atoms with Gasteiger partial charge in [-0.15, -0.1) is 0 Å². The number of hydrogen-bond donors (Lipinski definition) is 1. The van der Waals surface area contributed by atoms with Gasteiger partial charge in [0.1, 0.15) is 5.75 Å². The van der Waals surface area contributed by atoms with Crippen LogP contribution in [0.15, 0.2) is 30.5 Å². The third kappa shape index (κ3) is 5.34. The smallest absolute Gasteiger partial charge is 0.344 e. The highest BCUT2D eigenvalue weighted by Gasteiger charge is 2.20. The third-order valence-electron chi connectivity index (χ3n) is 3.47. The summed E-state index contributed by atoms with van der Waals surface area (Å²) in [5, 5.41) is 3.00. The van der Waals surface area contributed by atoms with Crippen LogP contribution in [0.25, 0.3) is 0 Å². The van der Waals surface area contributed by atoms with E-state index in [1.54, 1.807) is 0 Å². The maximum absolute atomic E-state index is 12.1. The molecule has 1 N–H and O–H groups in total. The number of pyridine rings is 1. The molecule has 0 aliphatic heterocycles. The maximum atomic E-state index is 12.1. The molecule has 0 saturated carbocycles. The number of carbonyl (C=O) groups is 2. The van der Waals surface area contributed by atoms with E-state index < -0.39 is 18.0 Å². The van der Waals surface area contributed by atoms with Gasteiger partial charge in [-0.25, -0.2) is 9.78 Å². The summed E-state index contributed by atoms with van der Waals surface area (Å²) in [5.41, 5.74) is 1.82. The van der Waals surface area contributed by atoms with Crippen LogP contribution in [-0.2, 0) is 14.3 Å². The first-order valence-electron chi connectivity index (χ1n) is 7.78. The molecule has 0 aliphatic rings. The van der Waals surface area contributed by atoms with E-state index in [1.165, 1.54) is 19.2 Å². The molecule has 26 heavy (non-hydrogen) atoms. The summed E-state index contributed by atoms with van der Waals surface area (Å²) in [6, 6.07) is 7.11. The van der Waals surface area contributed by atoms with Crippen LogP contribution in [0.3, 0.4) is 0 Å². The van der Waals surface area contributed by atoms with Crippen LogP contribution in [0.5, 0.6) is 5.75 Å². The molecule has 1 amide bonds. The number of nitrogens with one attached hydrogen (secondary N) is 1. The number of benzene rings is 1. The predicted octanol–water partition coefficient (Wildman–Crippen LogP) is 3.95. The SMILES string of the molecule is Cc1cccc(C)c1OCC(=O)O[C@H](C)C(=O)Nc1ncc(Cl)cc1Cl. The van der Waals surface area contributed by atoms with Gasteiger partial charge in [-0.3, -0.25) is 4.79 Å². The minimum absolute atomic E-state index is 0.135. The summed E-state index contributed by atoms with van der Waals surface area (Å²) in [6.45, 7) is 4.90. The van der Waals surface area contributed by atoms with Crippen molar-refractivity contribution >= 4 is 40.9 Å². The number of anilines is 1. The Morgan fingerprint density at radius 1 is 1.23 bits per heavy atom. The number of aryl methyl sites for hydroxylation is 2. The van der Waals surface area contributed by atoms with Gasteiger partial charge in [0, 0.05) is 6.20 Å². The monoisotopic (exact) mass is 396 g/mol. The normalized spacial score (nSPS) is 11.6.